The van der Waals surface area contributed by atoms with Gasteiger partial charge in [0.15, 0.2) is 0 Å². The summed E-state index contributed by atoms with van der Waals surface area (Å²) in [7, 11) is 0. The van der Waals surface area contributed by atoms with Crippen LogP contribution < -0.4 is 0 Å². The monoisotopic (exact) mass is 334 g/mol. The molecule has 0 fully saturated rings. The molecule has 0 atom stereocenters. The predicted octanol–water partition coefficient (Wildman–Crippen LogP) is 4.41. The quantitative estimate of drug-likeness (QED) is 0.761. The fourth-order valence-electron chi connectivity index (χ4n) is 1.16. The molecular weight excluding hydrogens is 329 g/mol. The summed E-state index contributed by atoms with van der Waals surface area (Å²) in [5.74, 6) is 0. The molecule has 18 heavy (non-hydrogen) atoms. The Morgan fingerprint density at radius 3 is 2.39 bits per heavy atom. The Bertz CT molecular complexity index is 543. The maximum Gasteiger partial charge on any atom is 0.417 e. The van der Waals surface area contributed by atoms with Crippen LogP contribution in [0.3, 0.4) is 0 Å². The molecule has 0 radical (unpaired) electrons. The van der Waals surface area contributed by atoms with E-state index in [1.54, 1.807) is 18.2 Å². The first-order valence-corrected chi connectivity index (χ1v) is 6.40. The number of aromatic nitrogens is 2. The predicted molar refractivity (Wildman–Crippen MR) is 65.3 cm³/mol. The summed E-state index contributed by atoms with van der Waals surface area (Å²) in [6, 6.07) is 7.66. The van der Waals surface area contributed by atoms with Gasteiger partial charge in [0.25, 0.3) is 0 Å². The van der Waals surface area contributed by atoms with Crippen LogP contribution in [0.15, 0.2) is 51.2 Å². The van der Waals surface area contributed by atoms with E-state index in [2.05, 4.69) is 25.9 Å². The average Bonchev–Trinajstić information content (AvgIpc) is 2.28. The minimum Gasteiger partial charge on any atom is -0.249 e. The highest BCUT2D eigenvalue weighted by Gasteiger charge is 2.30. The normalized spacial score (nSPS) is 11.6. The van der Waals surface area contributed by atoms with Gasteiger partial charge in [-0.3, -0.25) is 0 Å². The van der Waals surface area contributed by atoms with Crippen molar-refractivity contribution in [2.24, 2.45) is 0 Å². The molecule has 0 spiro atoms. The van der Waals surface area contributed by atoms with Gasteiger partial charge in [0.1, 0.15) is 14.7 Å². The van der Waals surface area contributed by atoms with E-state index in [0.29, 0.717) is 14.7 Å². The fourth-order valence-corrected chi connectivity index (χ4v) is 2.37. The van der Waals surface area contributed by atoms with Crippen LogP contribution in [-0.2, 0) is 6.18 Å². The first kappa shape index (κ1) is 13.4. The van der Waals surface area contributed by atoms with Gasteiger partial charge in [-0.2, -0.15) is 13.2 Å². The highest BCUT2D eigenvalue weighted by molar-refractivity contribution is 9.10. The Morgan fingerprint density at radius 2 is 1.83 bits per heavy atom. The molecule has 0 aliphatic carbocycles. The molecule has 0 unspecified atom stereocenters. The molecule has 2 aromatic rings. The number of alkyl halides is 3. The third kappa shape index (κ3) is 3.46. The van der Waals surface area contributed by atoms with E-state index < -0.39 is 11.7 Å². The van der Waals surface area contributed by atoms with E-state index in [0.717, 1.165) is 12.3 Å². The van der Waals surface area contributed by atoms with Crippen molar-refractivity contribution in [2.75, 3.05) is 0 Å². The Kier molecular flexibility index (Phi) is 3.91. The van der Waals surface area contributed by atoms with Crippen molar-refractivity contribution < 1.29 is 13.2 Å². The lowest BCUT2D eigenvalue weighted by molar-refractivity contribution is -0.137. The maximum absolute atomic E-state index is 12.3. The van der Waals surface area contributed by atoms with Crippen LogP contribution in [0.1, 0.15) is 5.56 Å². The first-order chi connectivity index (χ1) is 8.45. The van der Waals surface area contributed by atoms with Gasteiger partial charge in [-0.25, -0.2) is 9.97 Å². The summed E-state index contributed by atoms with van der Waals surface area (Å²) in [6.45, 7) is 0. The highest BCUT2D eigenvalue weighted by atomic mass is 79.9. The first-order valence-electron chi connectivity index (χ1n) is 4.79. The number of nitrogens with zero attached hydrogens (tertiary/aromatic N) is 2. The van der Waals surface area contributed by atoms with Crippen molar-refractivity contribution in [2.45, 2.75) is 16.2 Å². The molecule has 0 saturated carbocycles. The van der Waals surface area contributed by atoms with Gasteiger partial charge in [-0.15, -0.1) is 0 Å². The molecule has 0 bridgehead atoms. The van der Waals surface area contributed by atoms with E-state index >= 15 is 0 Å². The smallest absolute Gasteiger partial charge is 0.249 e. The van der Waals surface area contributed by atoms with Gasteiger partial charge in [0.05, 0.1) is 5.56 Å². The Balaban J connectivity index is 2.16. The van der Waals surface area contributed by atoms with E-state index in [1.165, 1.54) is 17.8 Å². The van der Waals surface area contributed by atoms with Crippen LogP contribution in [0.2, 0.25) is 0 Å². The Hall–Kier alpha value is -1.08. The fraction of sp³-hybridized carbons (Fsp3) is 0.0909. The topological polar surface area (TPSA) is 25.8 Å². The van der Waals surface area contributed by atoms with Crippen LogP contribution in [0, 0.1) is 0 Å². The van der Waals surface area contributed by atoms with Crippen molar-refractivity contribution in [3.63, 3.8) is 0 Å². The zero-order chi connectivity index (χ0) is 13.2. The molecule has 2 nitrogen and oxygen atoms in total. The van der Waals surface area contributed by atoms with Crippen molar-refractivity contribution >= 4 is 27.7 Å². The van der Waals surface area contributed by atoms with E-state index in [9.17, 15) is 13.2 Å². The van der Waals surface area contributed by atoms with Gasteiger partial charge in [-0.05, 0) is 40.2 Å². The van der Waals surface area contributed by atoms with Gasteiger partial charge in [0, 0.05) is 6.20 Å². The van der Waals surface area contributed by atoms with Gasteiger partial charge in [0.2, 0.25) is 0 Å². The van der Waals surface area contributed by atoms with Crippen molar-refractivity contribution in [1.29, 1.82) is 0 Å². The largest absolute Gasteiger partial charge is 0.417 e. The molecule has 7 heteroatoms. The van der Waals surface area contributed by atoms with Crippen LogP contribution >= 0.6 is 27.7 Å². The molecule has 0 aliphatic heterocycles. The zero-order valence-electron chi connectivity index (χ0n) is 8.78. The maximum atomic E-state index is 12.3. The Labute approximate surface area is 114 Å². The lowest BCUT2D eigenvalue weighted by atomic mass is 10.3. The standard InChI is InChI=1S/C11H6BrF3N2S/c12-8-2-1-3-10(17-8)18-9-5-4-7(6-16-9)11(13,14)15/h1-6H. The molecule has 2 aromatic heterocycles. The molecule has 0 amide bonds. The second-order valence-corrected chi connectivity index (χ2v) is 5.14. The number of rotatable bonds is 2. The summed E-state index contributed by atoms with van der Waals surface area (Å²) in [5.41, 5.74) is -0.756. The van der Waals surface area contributed by atoms with Gasteiger partial charge >= 0.3 is 6.18 Å². The van der Waals surface area contributed by atoms with Crippen molar-refractivity contribution in [3.05, 3.63) is 46.7 Å². The SMILES string of the molecule is FC(F)(F)c1ccc(Sc2cccc(Br)n2)nc1. The van der Waals surface area contributed by atoms with E-state index in [-0.39, 0.29) is 0 Å². The van der Waals surface area contributed by atoms with Crippen LogP contribution in [-0.4, -0.2) is 9.97 Å². The second-order valence-electron chi connectivity index (χ2n) is 3.28. The molecule has 0 saturated heterocycles. The van der Waals surface area contributed by atoms with Crippen LogP contribution in [0.4, 0.5) is 13.2 Å². The van der Waals surface area contributed by atoms with Crippen LogP contribution in [0.25, 0.3) is 0 Å². The minimum atomic E-state index is -4.36. The summed E-state index contributed by atoms with van der Waals surface area (Å²) < 4.78 is 37.7. The minimum absolute atomic E-state index is 0.466. The summed E-state index contributed by atoms with van der Waals surface area (Å²) in [6.07, 6.45) is -3.54. The number of pyridine rings is 2. The summed E-state index contributed by atoms with van der Waals surface area (Å²) in [5, 5.41) is 1.13. The van der Waals surface area contributed by atoms with E-state index in [4.69, 9.17) is 0 Å². The van der Waals surface area contributed by atoms with E-state index in [1.807, 2.05) is 0 Å². The second kappa shape index (κ2) is 5.27. The van der Waals surface area contributed by atoms with Crippen LogP contribution in [0.5, 0.6) is 0 Å². The van der Waals surface area contributed by atoms with Crippen molar-refractivity contribution in [3.8, 4) is 0 Å². The number of hydrogen-bond donors (Lipinski definition) is 0. The lowest BCUT2D eigenvalue weighted by Gasteiger charge is -2.06. The molecule has 2 heterocycles. The van der Waals surface area contributed by atoms with Crippen molar-refractivity contribution in [1.82, 2.24) is 9.97 Å². The summed E-state index contributed by atoms with van der Waals surface area (Å²) >= 11 is 4.42. The average molecular weight is 335 g/mol. The molecule has 0 N–H and O–H groups in total. The van der Waals surface area contributed by atoms with Gasteiger partial charge in [-0.1, -0.05) is 17.8 Å². The lowest BCUT2D eigenvalue weighted by Crippen LogP contribution is -2.05. The number of hydrogen-bond acceptors (Lipinski definition) is 3. The zero-order valence-corrected chi connectivity index (χ0v) is 11.2. The molecule has 2 rings (SSSR count). The molecule has 94 valence electrons. The highest BCUT2D eigenvalue weighted by Crippen LogP contribution is 2.31. The molecule has 0 aliphatic rings. The third-order valence-corrected chi connectivity index (χ3v) is 3.29. The molecular formula is C11H6BrF3N2S. The Morgan fingerprint density at radius 1 is 1.06 bits per heavy atom. The van der Waals surface area contributed by atoms with Gasteiger partial charge < -0.3 is 0 Å². The number of halogens is 4. The molecule has 0 aromatic carbocycles. The summed E-state index contributed by atoms with van der Waals surface area (Å²) in [4.78, 5) is 7.91. The third-order valence-electron chi connectivity index (χ3n) is 1.96.